The first-order valence-electron chi connectivity index (χ1n) is 6.94. The van der Waals surface area contributed by atoms with Crippen molar-refractivity contribution in [3.63, 3.8) is 0 Å². The average Bonchev–Trinajstić information content (AvgIpc) is 2.93. The van der Waals surface area contributed by atoms with Crippen LogP contribution in [0.5, 0.6) is 0 Å². The molecule has 0 bridgehead atoms. The van der Waals surface area contributed by atoms with Crippen molar-refractivity contribution >= 4 is 27.2 Å². The largest absolute Gasteiger partial charge is 0.282 e. The monoisotopic (exact) mass is 353 g/mol. The van der Waals surface area contributed by atoms with E-state index in [2.05, 4.69) is 9.50 Å². The molecular formula is C15H19N3O3S2. The molecule has 0 N–H and O–H groups in total. The van der Waals surface area contributed by atoms with Gasteiger partial charge < -0.3 is 0 Å². The van der Waals surface area contributed by atoms with E-state index in [-0.39, 0.29) is 4.90 Å². The summed E-state index contributed by atoms with van der Waals surface area (Å²) in [5.74, 6) is 0. The van der Waals surface area contributed by atoms with Crippen LogP contribution in [0.15, 0.2) is 46.0 Å². The van der Waals surface area contributed by atoms with E-state index in [1.165, 1.54) is 30.7 Å². The zero-order valence-corrected chi connectivity index (χ0v) is 15.1. The highest BCUT2D eigenvalue weighted by molar-refractivity contribution is 7.89. The van der Waals surface area contributed by atoms with Crippen LogP contribution in [0.4, 0.5) is 0 Å². The summed E-state index contributed by atoms with van der Waals surface area (Å²) in [5, 5.41) is 3.87. The molecule has 1 aromatic carbocycles. The van der Waals surface area contributed by atoms with Gasteiger partial charge in [-0.1, -0.05) is 17.7 Å². The standard InChI is InChI=1S/C15H19N3O3S2/c1-12-5-7-14(8-6-12)23(20,21)18-11-13(9-16-18)10-17-22(19)15(2,3)4/h5-11H,1-4H3/b17-10+. The summed E-state index contributed by atoms with van der Waals surface area (Å²) in [6.07, 6.45) is 4.09. The van der Waals surface area contributed by atoms with E-state index in [4.69, 9.17) is 0 Å². The minimum atomic E-state index is -3.73. The van der Waals surface area contributed by atoms with Crippen LogP contribution in [0.2, 0.25) is 0 Å². The van der Waals surface area contributed by atoms with Crippen molar-refractivity contribution in [2.24, 2.45) is 4.40 Å². The van der Waals surface area contributed by atoms with Crippen molar-refractivity contribution in [2.45, 2.75) is 37.3 Å². The molecule has 0 aliphatic heterocycles. The number of aromatic nitrogens is 2. The Kier molecular flexibility index (Phi) is 4.86. The maximum Gasteiger partial charge on any atom is 0.282 e. The summed E-state index contributed by atoms with van der Waals surface area (Å²) >= 11 is 0. The molecule has 0 saturated heterocycles. The maximum absolute atomic E-state index is 12.5. The lowest BCUT2D eigenvalue weighted by molar-refractivity contribution is 0.580. The third-order valence-electron chi connectivity index (χ3n) is 2.97. The Hall–Kier alpha value is -1.80. The van der Waals surface area contributed by atoms with Gasteiger partial charge in [-0.25, -0.2) is 4.21 Å². The van der Waals surface area contributed by atoms with Crippen LogP contribution < -0.4 is 0 Å². The maximum atomic E-state index is 12.5. The van der Waals surface area contributed by atoms with Gasteiger partial charge in [-0.2, -0.15) is 22.0 Å². The molecule has 124 valence electrons. The Morgan fingerprint density at radius 1 is 1.22 bits per heavy atom. The van der Waals surface area contributed by atoms with Gasteiger partial charge in [0.25, 0.3) is 10.0 Å². The molecule has 0 fully saturated rings. The van der Waals surface area contributed by atoms with E-state index in [9.17, 15) is 12.6 Å². The smallest absolute Gasteiger partial charge is 0.234 e. The summed E-state index contributed by atoms with van der Waals surface area (Å²) in [4.78, 5) is 0.160. The number of nitrogens with zero attached hydrogens (tertiary/aromatic N) is 3. The summed E-state index contributed by atoms with van der Waals surface area (Å²) in [6, 6.07) is 6.53. The van der Waals surface area contributed by atoms with E-state index >= 15 is 0 Å². The lowest BCUT2D eigenvalue weighted by Crippen LogP contribution is -2.19. The Bertz CT molecular complexity index is 845. The lowest BCUT2D eigenvalue weighted by atomic mass is 10.2. The van der Waals surface area contributed by atoms with Gasteiger partial charge in [0.15, 0.2) is 0 Å². The molecule has 0 amide bonds. The van der Waals surface area contributed by atoms with Crippen LogP contribution in [-0.4, -0.2) is 32.8 Å². The molecule has 23 heavy (non-hydrogen) atoms. The molecule has 0 spiro atoms. The van der Waals surface area contributed by atoms with Crippen LogP contribution in [0, 0.1) is 6.92 Å². The van der Waals surface area contributed by atoms with Crippen molar-refractivity contribution in [3.05, 3.63) is 47.8 Å². The highest BCUT2D eigenvalue weighted by Crippen LogP contribution is 2.15. The zero-order chi connectivity index (χ0) is 17.3. The van der Waals surface area contributed by atoms with Gasteiger partial charge >= 0.3 is 0 Å². The molecule has 2 rings (SSSR count). The van der Waals surface area contributed by atoms with Crippen LogP contribution in [-0.2, 0) is 21.0 Å². The lowest BCUT2D eigenvalue weighted by Gasteiger charge is -2.12. The number of aryl methyl sites for hydroxylation is 1. The summed E-state index contributed by atoms with van der Waals surface area (Å²) in [6.45, 7) is 7.32. The zero-order valence-electron chi connectivity index (χ0n) is 13.4. The first kappa shape index (κ1) is 17.6. The molecule has 0 radical (unpaired) electrons. The van der Waals surface area contributed by atoms with Gasteiger partial charge in [0, 0.05) is 11.8 Å². The van der Waals surface area contributed by atoms with Crippen molar-refractivity contribution < 1.29 is 12.6 Å². The van der Waals surface area contributed by atoms with E-state index in [0.717, 1.165) is 9.65 Å². The Morgan fingerprint density at radius 2 is 1.83 bits per heavy atom. The van der Waals surface area contributed by atoms with Crippen molar-refractivity contribution in [3.8, 4) is 0 Å². The van der Waals surface area contributed by atoms with Gasteiger partial charge in [-0.3, -0.25) is 0 Å². The summed E-state index contributed by atoms with van der Waals surface area (Å²) in [7, 11) is -5.14. The molecule has 6 nitrogen and oxygen atoms in total. The highest BCUT2D eigenvalue weighted by Gasteiger charge is 2.19. The number of hydrogen-bond acceptors (Lipinski definition) is 4. The first-order chi connectivity index (χ1) is 10.6. The van der Waals surface area contributed by atoms with E-state index < -0.39 is 25.8 Å². The Balaban J connectivity index is 2.27. The van der Waals surface area contributed by atoms with Crippen molar-refractivity contribution in [2.75, 3.05) is 0 Å². The fourth-order valence-electron chi connectivity index (χ4n) is 1.60. The molecule has 1 atom stereocenters. The van der Waals surface area contributed by atoms with Crippen LogP contribution >= 0.6 is 0 Å². The second kappa shape index (κ2) is 6.37. The van der Waals surface area contributed by atoms with Crippen LogP contribution in [0.1, 0.15) is 31.9 Å². The Morgan fingerprint density at radius 3 is 2.39 bits per heavy atom. The molecule has 1 aromatic heterocycles. The predicted molar refractivity (Wildman–Crippen MR) is 91.5 cm³/mol. The van der Waals surface area contributed by atoms with E-state index in [0.29, 0.717) is 5.56 Å². The van der Waals surface area contributed by atoms with Gasteiger partial charge in [0.1, 0.15) is 11.0 Å². The number of hydrogen-bond donors (Lipinski definition) is 0. The molecule has 0 aliphatic rings. The predicted octanol–water partition coefficient (Wildman–Crippen LogP) is 2.31. The van der Waals surface area contributed by atoms with Crippen molar-refractivity contribution in [1.82, 2.24) is 9.19 Å². The molecule has 1 heterocycles. The molecular weight excluding hydrogens is 334 g/mol. The fourth-order valence-corrected chi connectivity index (χ4v) is 3.26. The van der Waals surface area contributed by atoms with Crippen LogP contribution in [0.3, 0.4) is 0 Å². The third kappa shape index (κ3) is 4.14. The summed E-state index contributed by atoms with van der Waals surface area (Å²) in [5.41, 5.74) is 1.44. The quantitative estimate of drug-likeness (QED) is 0.790. The van der Waals surface area contributed by atoms with E-state index in [1.54, 1.807) is 12.1 Å². The van der Waals surface area contributed by atoms with Gasteiger partial charge in [0.05, 0.1) is 22.0 Å². The van der Waals surface area contributed by atoms with Gasteiger partial charge in [0.2, 0.25) is 0 Å². The number of rotatable bonds is 4. The minimum Gasteiger partial charge on any atom is -0.234 e. The third-order valence-corrected chi connectivity index (χ3v) is 5.87. The second-order valence-corrected chi connectivity index (χ2v) is 9.79. The molecule has 0 aliphatic carbocycles. The van der Waals surface area contributed by atoms with Crippen molar-refractivity contribution in [1.29, 1.82) is 0 Å². The molecule has 8 heteroatoms. The van der Waals surface area contributed by atoms with Crippen LogP contribution in [0.25, 0.3) is 0 Å². The second-order valence-electron chi connectivity index (χ2n) is 6.06. The SMILES string of the molecule is Cc1ccc(S(=O)(=O)n2cc(/C=N/S(=O)C(C)(C)C)cn2)cc1. The first-order valence-corrected chi connectivity index (χ1v) is 9.48. The highest BCUT2D eigenvalue weighted by atomic mass is 32.2. The number of benzene rings is 1. The molecule has 0 saturated carbocycles. The normalized spacial score (nSPS) is 14.3. The molecule has 1 unspecified atom stereocenters. The fraction of sp³-hybridized carbons (Fsp3) is 0.333. The molecule has 2 aromatic rings. The minimum absolute atomic E-state index is 0.160. The van der Waals surface area contributed by atoms with Gasteiger partial charge in [-0.05, 0) is 39.8 Å². The Labute approximate surface area is 138 Å². The topological polar surface area (TPSA) is 81.4 Å². The summed E-state index contributed by atoms with van der Waals surface area (Å²) < 4.78 is 41.1. The van der Waals surface area contributed by atoms with Gasteiger partial charge in [-0.15, -0.1) is 0 Å². The van der Waals surface area contributed by atoms with E-state index in [1.807, 2.05) is 27.7 Å². The average molecular weight is 353 g/mol.